The minimum atomic E-state index is -0.851. The molecule has 2 aliphatic rings. The highest BCUT2D eigenvalue weighted by molar-refractivity contribution is 6.30. The molecule has 0 atom stereocenters. The van der Waals surface area contributed by atoms with E-state index in [2.05, 4.69) is 29.2 Å². The molecule has 0 aliphatic carbocycles. The molecule has 0 spiro atoms. The Hall–Kier alpha value is -3.51. The molecule has 5 nitrogen and oxygen atoms in total. The van der Waals surface area contributed by atoms with Crippen LogP contribution in [0.25, 0.3) is 10.8 Å². The standard InChI is InChI=1S/C31H27ClN2O3/c32-25-13-11-24(12-14-25)31(37)15-17-33(18-16-31)19-22-7-3-5-21-6-4-8-23(28(21)22)20-34-29(35)26-9-1-2-10-27(26)30(34)36/h1-14,37H,15-20H2. The highest BCUT2D eigenvalue weighted by atomic mass is 35.5. The molecule has 2 aliphatic heterocycles. The maximum atomic E-state index is 13.0. The van der Waals surface area contributed by atoms with E-state index >= 15 is 0 Å². The zero-order valence-electron chi connectivity index (χ0n) is 20.4. The van der Waals surface area contributed by atoms with Crippen molar-refractivity contribution in [1.29, 1.82) is 0 Å². The van der Waals surface area contributed by atoms with Crippen molar-refractivity contribution in [2.75, 3.05) is 13.1 Å². The zero-order valence-corrected chi connectivity index (χ0v) is 21.1. The Morgan fingerprint density at radius 3 is 1.89 bits per heavy atom. The Bertz CT molecular complexity index is 1470. The topological polar surface area (TPSA) is 60.9 Å². The molecular weight excluding hydrogens is 484 g/mol. The summed E-state index contributed by atoms with van der Waals surface area (Å²) in [6.45, 7) is 2.48. The molecule has 6 rings (SSSR count). The van der Waals surface area contributed by atoms with E-state index in [1.165, 1.54) is 4.90 Å². The molecule has 0 saturated carbocycles. The summed E-state index contributed by atoms with van der Waals surface area (Å²) in [4.78, 5) is 29.7. The SMILES string of the molecule is O=C1c2ccccc2C(=O)N1Cc1cccc2cccc(CN3CCC(O)(c4ccc(Cl)cc4)CC3)c12. The van der Waals surface area contributed by atoms with Crippen LogP contribution in [-0.4, -0.2) is 39.8 Å². The molecule has 4 aromatic rings. The van der Waals surface area contributed by atoms with Crippen LogP contribution in [0.3, 0.4) is 0 Å². The van der Waals surface area contributed by atoms with Crippen molar-refractivity contribution in [1.82, 2.24) is 9.80 Å². The molecule has 0 radical (unpaired) electrons. The van der Waals surface area contributed by atoms with Crippen molar-refractivity contribution >= 4 is 34.2 Å². The predicted molar refractivity (Wildman–Crippen MR) is 144 cm³/mol. The monoisotopic (exact) mass is 510 g/mol. The van der Waals surface area contributed by atoms with Crippen molar-refractivity contribution in [3.8, 4) is 0 Å². The maximum absolute atomic E-state index is 13.0. The summed E-state index contributed by atoms with van der Waals surface area (Å²) in [6, 6.07) is 26.8. The van der Waals surface area contributed by atoms with Crippen molar-refractivity contribution < 1.29 is 14.7 Å². The van der Waals surface area contributed by atoms with Crippen LogP contribution in [0.5, 0.6) is 0 Å². The molecular formula is C31H27ClN2O3. The number of aliphatic hydroxyl groups is 1. The van der Waals surface area contributed by atoms with Gasteiger partial charge in [-0.3, -0.25) is 19.4 Å². The van der Waals surface area contributed by atoms with Crippen LogP contribution < -0.4 is 0 Å². The number of benzene rings is 4. The quantitative estimate of drug-likeness (QED) is 0.346. The largest absolute Gasteiger partial charge is 0.385 e. The molecule has 2 amide bonds. The van der Waals surface area contributed by atoms with Gasteiger partial charge in [0.15, 0.2) is 0 Å². The van der Waals surface area contributed by atoms with E-state index < -0.39 is 5.60 Å². The van der Waals surface area contributed by atoms with Crippen LogP contribution >= 0.6 is 11.6 Å². The number of hydrogen-bond donors (Lipinski definition) is 1. The van der Waals surface area contributed by atoms with Gasteiger partial charge in [-0.05, 0) is 64.6 Å². The number of amides is 2. The first kappa shape index (κ1) is 23.9. The van der Waals surface area contributed by atoms with Crippen LogP contribution in [0, 0.1) is 0 Å². The van der Waals surface area contributed by atoms with E-state index in [0.717, 1.165) is 47.1 Å². The lowest BCUT2D eigenvalue weighted by Gasteiger charge is -2.38. The van der Waals surface area contributed by atoms with Gasteiger partial charge in [0.05, 0.1) is 23.3 Å². The number of halogens is 1. The normalized spacial score (nSPS) is 17.4. The van der Waals surface area contributed by atoms with Crippen LogP contribution in [0.1, 0.15) is 50.2 Å². The Balaban J connectivity index is 1.24. The van der Waals surface area contributed by atoms with Gasteiger partial charge in [-0.25, -0.2) is 0 Å². The summed E-state index contributed by atoms with van der Waals surface area (Å²) < 4.78 is 0. The van der Waals surface area contributed by atoms with Crippen LogP contribution in [-0.2, 0) is 18.7 Å². The average molecular weight is 511 g/mol. The van der Waals surface area contributed by atoms with Gasteiger partial charge in [0.25, 0.3) is 11.8 Å². The zero-order chi connectivity index (χ0) is 25.6. The van der Waals surface area contributed by atoms with Gasteiger partial charge in [-0.2, -0.15) is 0 Å². The highest BCUT2D eigenvalue weighted by Crippen LogP contribution is 2.35. The minimum absolute atomic E-state index is 0.233. The maximum Gasteiger partial charge on any atom is 0.261 e. The molecule has 0 unspecified atom stereocenters. The van der Waals surface area contributed by atoms with Gasteiger partial charge in [0.1, 0.15) is 0 Å². The highest BCUT2D eigenvalue weighted by Gasteiger charge is 2.36. The molecule has 0 aromatic heterocycles. The second-order valence-electron chi connectivity index (χ2n) is 9.99. The first-order valence-electron chi connectivity index (χ1n) is 12.6. The molecule has 2 heterocycles. The van der Waals surface area contributed by atoms with E-state index in [9.17, 15) is 14.7 Å². The van der Waals surface area contributed by atoms with Crippen molar-refractivity contribution in [3.63, 3.8) is 0 Å². The third kappa shape index (κ3) is 4.33. The van der Waals surface area contributed by atoms with Gasteiger partial charge in [-0.1, -0.05) is 72.3 Å². The summed E-state index contributed by atoms with van der Waals surface area (Å²) in [5, 5.41) is 14.1. The number of fused-ring (bicyclic) bond motifs is 2. The molecule has 1 N–H and O–H groups in total. The Labute approximate surface area is 220 Å². The van der Waals surface area contributed by atoms with Gasteiger partial charge in [-0.15, -0.1) is 0 Å². The lowest BCUT2D eigenvalue weighted by Crippen LogP contribution is -2.42. The van der Waals surface area contributed by atoms with Crippen molar-refractivity contribution in [2.45, 2.75) is 31.5 Å². The fourth-order valence-electron chi connectivity index (χ4n) is 5.69. The second-order valence-corrected chi connectivity index (χ2v) is 10.4. The third-order valence-corrected chi connectivity index (χ3v) is 7.99. The number of likely N-dealkylation sites (tertiary alicyclic amines) is 1. The summed E-state index contributed by atoms with van der Waals surface area (Å²) in [6.07, 6.45) is 1.28. The predicted octanol–water partition coefficient (Wildman–Crippen LogP) is 5.77. The van der Waals surface area contributed by atoms with Gasteiger partial charge < -0.3 is 5.11 Å². The van der Waals surface area contributed by atoms with Gasteiger partial charge >= 0.3 is 0 Å². The molecule has 1 saturated heterocycles. The van der Waals surface area contributed by atoms with E-state index in [4.69, 9.17) is 11.6 Å². The molecule has 186 valence electrons. The Morgan fingerprint density at radius 2 is 1.30 bits per heavy atom. The Kier molecular flexibility index (Phi) is 6.07. The number of carbonyl (C=O) groups is 2. The molecule has 6 heteroatoms. The van der Waals surface area contributed by atoms with Crippen LogP contribution in [0.4, 0.5) is 0 Å². The fourth-order valence-corrected chi connectivity index (χ4v) is 5.82. The number of nitrogens with zero attached hydrogens (tertiary/aromatic N) is 2. The number of rotatable bonds is 5. The summed E-state index contributed by atoms with van der Waals surface area (Å²) in [5.41, 5.74) is 3.10. The number of piperidine rings is 1. The third-order valence-electron chi connectivity index (χ3n) is 7.74. The van der Waals surface area contributed by atoms with E-state index in [0.29, 0.717) is 29.0 Å². The van der Waals surface area contributed by atoms with Gasteiger partial charge in [0, 0.05) is 24.7 Å². The summed E-state index contributed by atoms with van der Waals surface area (Å²) in [7, 11) is 0. The first-order chi connectivity index (χ1) is 17.9. The average Bonchev–Trinajstić information content (AvgIpc) is 3.15. The molecule has 4 aromatic carbocycles. The summed E-state index contributed by atoms with van der Waals surface area (Å²) in [5.74, 6) is -0.486. The number of carbonyl (C=O) groups excluding carboxylic acids is 2. The van der Waals surface area contributed by atoms with Crippen molar-refractivity contribution in [2.24, 2.45) is 0 Å². The van der Waals surface area contributed by atoms with E-state index in [1.807, 2.05) is 36.4 Å². The smallest absolute Gasteiger partial charge is 0.261 e. The number of imide groups is 1. The lowest BCUT2D eigenvalue weighted by atomic mass is 9.84. The fraction of sp³-hybridized carbons (Fsp3) is 0.226. The van der Waals surface area contributed by atoms with Crippen LogP contribution in [0.15, 0.2) is 84.9 Å². The summed E-state index contributed by atoms with van der Waals surface area (Å²) >= 11 is 6.03. The number of hydrogen-bond acceptors (Lipinski definition) is 4. The van der Waals surface area contributed by atoms with E-state index in [-0.39, 0.29) is 18.4 Å². The van der Waals surface area contributed by atoms with Gasteiger partial charge in [0.2, 0.25) is 0 Å². The van der Waals surface area contributed by atoms with E-state index in [1.54, 1.807) is 24.3 Å². The lowest BCUT2D eigenvalue weighted by molar-refractivity contribution is -0.0276. The minimum Gasteiger partial charge on any atom is -0.385 e. The molecule has 1 fully saturated rings. The second kappa shape index (κ2) is 9.42. The first-order valence-corrected chi connectivity index (χ1v) is 13.0. The molecule has 37 heavy (non-hydrogen) atoms. The molecule has 0 bridgehead atoms. The van der Waals surface area contributed by atoms with Crippen molar-refractivity contribution in [3.05, 3.63) is 118 Å². The Morgan fingerprint density at radius 1 is 0.730 bits per heavy atom. The van der Waals surface area contributed by atoms with Crippen LogP contribution in [0.2, 0.25) is 5.02 Å².